The summed E-state index contributed by atoms with van der Waals surface area (Å²) in [6.07, 6.45) is 2.67. The van der Waals surface area contributed by atoms with Crippen molar-refractivity contribution in [2.24, 2.45) is 0 Å². The number of nitrogens with zero attached hydrogens (tertiary/aromatic N) is 1. The number of carbonyl (C=O) groups is 1. The highest BCUT2D eigenvalue weighted by molar-refractivity contribution is 9.10. The Kier molecular flexibility index (Phi) is 3.32. The minimum atomic E-state index is 0.172. The Bertz CT molecular complexity index is 394. The lowest BCUT2D eigenvalue weighted by atomic mass is 10.1. The number of amides is 1. The number of benzene rings is 1. The predicted octanol–water partition coefficient (Wildman–Crippen LogP) is 3.62. The smallest absolute Gasteiger partial charge is 0.227 e. The molecule has 0 saturated carbocycles. The molecule has 1 aliphatic heterocycles. The molecule has 0 spiro atoms. The topological polar surface area (TPSA) is 20.3 Å². The van der Waals surface area contributed by atoms with Crippen LogP contribution in [0.1, 0.15) is 19.3 Å². The van der Waals surface area contributed by atoms with Gasteiger partial charge in [-0.2, -0.15) is 0 Å². The van der Waals surface area contributed by atoms with Gasteiger partial charge in [-0.05, 0) is 31.0 Å². The molecule has 80 valence electrons. The van der Waals surface area contributed by atoms with E-state index in [9.17, 15) is 4.79 Å². The Morgan fingerprint density at radius 2 is 2.13 bits per heavy atom. The Labute approximate surface area is 102 Å². The minimum absolute atomic E-state index is 0.172. The Hall–Kier alpha value is -0.540. The maximum absolute atomic E-state index is 11.7. The fraction of sp³-hybridized carbons (Fsp3) is 0.364. The molecule has 0 radical (unpaired) electrons. The zero-order chi connectivity index (χ0) is 10.8. The van der Waals surface area contributed by atoms with Gasteiger partial charge in [0.15, 0.2) is 0 Å². The van der Waals surface area contributed by atoms with Gasteiger partial charge in [0, 0.05) is 17.4 Å². The Morgan fingerprint density at radius 3 is 2.80 bits per heavy atom. The van der Waals surface area contributed by atoms with E-state index in [0.717, 1.165) is 29.5 Å². The minimum Gasteiger partial charge on any atom is -0.311 e. The third-order valence-electron chi connectivity index (χ3n) is 2.52. The molecular weight excluding hydrogens is 277 g/mol. The van der Waals surface area contributed by atoms with Gasteiger partial charge in [0.2, 0.25) is 5.91 Å². The molecule has 15 heavy (non-hydrogen) atoms. The average molecular weight is 289 g/mol. The van der Waals surface area contributed by atoms with Crippen molar-refractivity contribution in [3.05, 3.63) is 27.7 Å². The van der Waals surface area contributed by atoms with Crippen LogP contribution in [0.4, 0.5) is 5.69 Å². The van der Waals surface area contributed by atoms with Crippen LogP contribution in [-0.2, 0) is 4.79 Å². The van der Waals surface area contributed by atoms with E-state index in [0.29, 0.717) is 11.4 Å². The number of piperidine rings is 1. The molecule has 0 aromatic heterocycles. The van der Waals surface area contributed by atoms with Crippen LogP contribution in [0.2, 0.25) is 5.02 Å². The van der Waals surface area contributed by atoms with Crippen LogP contribution in [0, 0.1) is 0 Å². The summed E-state index contributed by atoms with van der Waals surface area (Å²) >= 11 is 9.45. The molecular formula is C11H11BrClNO. The summed E-state index contributed by atoms with van der Waals surface area (Å²) in [5, 5.41) is 0.625. The first-order chi connectivity index (χ1) is 7.18. The van der Waals surface area contributed by atoms with E-state index >= 15 is 0 Å². The summed E-state index contributed by atoms with van der Waals surface area (Å²) in [4.78, 5) is 13.5. The molecule has 1 fully saturated rings. The van der Waals surface area contributed by atoms with Crippen LogP contribution in [0.5, 0.6) is 0 Å². The monoisotopic (exact) mass is 287 g/mol. The molecule has 1 heterocycles. The van der Waals surface area contributed by atoms with Gasteiger partial charge in [0.25, 0.3) is 0 Å². The zero-order valence-corrected chi connectivity index (χ0v) is 10.5. The second-order valence-corrected chi connectivity index (χ2v) is 4.92. The molecule has 2 rings (SSSR count). The number of hydrogen-bond acceptors (Lipinski definition) is 1. The molecule has 4 heteroatoms. The standard InChI is InChI=1S/C11H11BrClNO/c12-8-4-5-10(9(13)7-8)14-6-2-1-3-11(14)15/h4-5,7H,1-3,6H2. The molecule has 0 aliphatic carbocycles. The molecule has 1 saturated heterocycles. The Balaban J connectivity index is 2.31. The third kappa shape index (κ3) is 2.34. The van der Waals surface area contributed by atoms with E-state index < -0.39 is 0 Å². The number of hydrogen-bond donors (Lipinski definition) is 0. The molecule has 1 aromatic rings. The highest BCUT2D eigenvalue weighted by Gasteiger charge is 2.21. The number of halogens is 2. The first-order valence-electron chi connectivity index (χ1n) is 4.94. The molecule has 0 N–H and O–H groups in total. The van der Waals surface area contributed by atoms with Gasteiger partial charge in [0.1, 0.15) is 0 Å². The van der Waals surface area contributed by atoms with Crippen LogP contribution in [0.25, 0.3) is 0 Å². The van der Waals surface area contributed by atoms with Crippen molar-refractivity contribution in [3.8, 4) is 0 Å². The summed E-state index contributed by atoms with van der Waals surface area (Å²) in [6, 6.07) is 5.61. The highest BCUT2D eigenvalue weighted by atomic mass is 79.9. The molecule has 1 amide bonds. The first kappa shape index (κ1) is 11.0. The lowest BCUT2D eigenvalue weighted by Crippen LogP contribution is -2.35. The molecule has 1 aromatic carbocycles. The summed E-state index contributed by atoms with van der Waals surface area (Å²) < 4.78 is 0.931. The summed E-state index contributed by atoms with van der Waals surface area (Å²) in [5.41, 5.74) is 0.824. The quantitative estimate of drug-likeness (QED) is 0.773. The first-order valence-corrected chi connectivity index (χ1v) is 6.11. The van der Waals surface area contributed by atoms with Crippen molar-refractivity contribution < 1.29 is 4.79 Å². The van der Waals surface area contributed by atoms with Gasteiger partial charge in [-0.15, -0.1) is 0 Å². The van der Waals surface area contributed by atoms with E-state index in [2.05, 4.69) is 15.9 Å². The van der Waals surface area contributed by atoms with E-state index in [-0.39, 0.29) is 5.91 Å². The van der Waals surface area contributed by atoms with Gasteiger partial charge in [0.05, 0.1) is 10.7 Å². The predicted molar refractivity (Wildman–Crippen MR) is 65.4 cm³/mol. The summed E-state index contributed by atoms with van der Waals surface area (Å²) in [7, 11) is 0. The number of rotatable bonds is 1. The zero-order valence-electron chi connectivity index (χ0n) is 8.17. The van der Waals surface area contributed by atoms with Crippen LogP contribution in [0.3, 0.4) is 0 Å². The molecule has 2 nitrogen and oxygen atoms in total. The highest BCUT2D eigenvalue weighted by Crippen LogP contribution is 2.31. The van der Waals surface area contributed by atoms with Crippen molar-refractivity contribution in [1.29, 1.82) is 0 Å². The lowest BCUT2D eigenvalue weighted by Gasteiger charge is -2.27. The maximum Gasteiger partial charge on any atom is 0.227 e. The average Bonchev–Trinajstić information content (AvgIpc) is 2.20. The maximum atomic E-state index is 11.7. The van der Waals surface area contributed by atoms with Crippen molar-refractivity contribution in [1.82, 2.24) is 0 Å². The second kappa shape index (κ2) is 4.54. The lowest BCUT2D eigenvalue weighted by molar-refractivity contribution is -0.119. The Morgan fingerprint density at radius 1 is 1.33 bits per heavy atom. The van der Waals surface area contributed by atoms with Crippen LogP contribution < -0.4 is 4.90 Å². The van der Waals surface area contributed by atoms with E-state index in [1.165, 1.54) is 0 Å². The second-order valence-electron chi connectivity index (χ2n) is 3.60. The largest absolute Gasteiger partial charge is 0.311 e. The van der Waals surface area contributed by atoms with Gasteiger partial charge < -0.3 is 4.90 Å². The SMILES string of the molecule is O=C1CCCCN1c1ccc(Br)cc1Cl. The van der Waals surface area contributed by atoms with Gasteiger partial charge in [-0.1, -0.05) is 27.5 Å². The van der Waals surface area contributed by atoms with Crippen LogP contribution in [0.15, 0.2) is 22.7 Å². The van der Waals surface area contributed by atoms with Crippen LogP contribution >= 0.6 is 27.5 Å². The van der Waals surface area contributed by atoms with Gasteiger partial charge in [-0.3, -0.25) is 4.79 Å². The third-order valence-corrected chi connectivity index (χ3v) is 3.32. The molecule has 0 atom stereocenters. The molecule has 0 unspecified atom stereocenters. The van der Waals surface area contributed by atoms with Crippen molar-refractivity contribution in [2.45, 2.75) is 19.3 Å². The van der Waals surface area contributed by atoms with Crippen LogP contribution in [-0.4, -0.2) is 12.5 Å². The summed E-state index contributed by atoms with van der Waals surface area (Å²) in [6.45, 7) is 0.778. The van der Waals surface area contributed by atoms with E-state index in [4.69, 9.17) is 11.6 Å². The summed E-state index contributed by atoms with van der Waals surface area (Å²) in [5.74, 6) is 0.172. The number of anilines is 1. The van der Waals surface area contributed by atoms with Crippen molar-refractivity contribution in [2.75, 3.05) is 11.4 Å². The van der Waals surface area contributed by atoms with E-state index in [1.807, 2.05) is 18.2 Å². The van der Waals surface area contributed by atoms with Crippen molar-refractivity contribution >= 4 is 39.1 Å². The number of carbonyl (C=O) groups excluding carboxylic acids is 1. The van der Waals surface area contributed by atoms with E-state index in [1.54, 1.807) is 4.90 Å². The van der Waals surface area contributed by atoms with Gasteiger partial charge >= 0.3 is 0 Å². The molecule has 1 aliphatic rings. The van der Waals surface area contributed by atoms with Crippen molar-refractivity contribution in [3.63, 3.8) is 0 Å². The fourth-order valence-electron chi connectivity index (χ4n) is 1.76. The normalized spacial score (nSPS) is 16.9. The molecule has 0 bridgehead atoms. The van der Waals surface area contributed by atoms with Gasteiger partial charge in [-0.25, -0.2) is 0 Å². The fourth-order valence-corrected chi connectivity index (χ4v) is 2.54.